The number of hydrogen-bond donors (Lipinski definition) is 0. The van der Waals surface area contributed by atoms with Crippen LogP contribution in [0.4, 0.5) is 4.39 Å². The highest BCUT2D eigenvalue weighted by molar-refractivity contribution is 6.33. The van der Waals surface area contributed by atoms with Crippen LogP contribution in [0, 0.1) is 17.7 Å². The molecular weight excluding hydrogens is 355 g/mol. The summed E-state index contributed by atoms with van der Waals surface area (Å²) in [5.41, 5.74) is 1.51. The van der Waals surface area contributed by atoms with Crippen molar-refractivity contribution < 1.29 is 13.9 Å². The lowest BCUT2D eigenvalue weighted by Crippen LogP contribution is -2.14. The summed E-state index contributed by atoms with van der Waals surface area (Å²) in [6.45, 7) is 3.72. The second-order valence-electron chi connectivity index (χ2n) is 5.76. The van der Waals surface area contributed by atoms with Crippen molar-refractivity contribution in [1.29, 1.82) is 0 Å². The largest absolute Gasteiger partial charge is 0.459 e. The molecule has 1 unspecified atom stereocenters. The highest BCUT2D eigenvalue weighted by Gasteiger charge is 2.13. The van der Waals surface area contributed by atoms with E-state index in [-0.39, 0.29) is 17.2 Å². The summed E-state index contributed by atoms with van der Waals surface area (Å²) in [4.78, 5) is 16.3. The number of pyridine rings is 1. The summed E-state index contributed by atoms with van der Waals surface area (Å²) >= 11 is 6.08. The summed E-state index contributed by atoms with van der Waals surface area (Å²) in [5.74, 6) is 4.62. The molecule has 0 amide bonds. The van der Waals surface area contributed by atoms with E-state index in [9.17, 15) is 9.18 Å². The first kappa shape index (κ1) is 18.0. The number of nitrogens with zero attached hydrogens (tertiary/aromatic N) is 2. The van der Waals surface area contributed by atoms with Crippen molar-refractivity contribution in [2.24, 2.45) is 0 Å². The van der Waals surface area contributed by atoms with Crippen molar-refractivity contribution in [2.45, 2.75) is 26.4 Å². The summed E-state index contributed by atoms with van der Waals surface area (Å²) < 4.78 is 21.1. The normalized spacial score (nSPS) is 11.7. The van der Waals surface area contributed by atoms with Crippen LogP contribution in [0.25, 0.3) is 5.65 Å². The Morgan fingerprint density at radius 2 is 2.19 bits per heavy atom. The van der Waals surface area contributed by atoms with Gasteiger partial charge in [-0.3, -0.25) is 4.40 Å². The van der Waals surface area contributed by atoms with E-state index in [1.807, 2.05) is 6.92 Å². The Morgan fingerprint density at radius 3 is 2.96 bits per heavy atom. The molecule has 2 aromatic heterocycles. The maximum absolute atomic E-state index is 14.1. The van der Waals surface area contributed by atoms with Crippen LogP contribution in [-0.2, 0) is 4.74 Å². The van der Waals surface area contributed by atoms with Crippen LogP contribution < -0.4 is 0 Å². The topological polar surface area (TPSA) is 43.6 Å². The van der Waals surface area contributed by atoms with Gasteiger partial charge < -0.3 is 4.74 Å². The van der Waals surface area contributed by atoms with Gasteiger partial charge in [0.15, 0.2) is 5.65 Å². The summed E-state index contributed by atoms with van der Waals surface area (Å²) in [7, 11) is 0. The van der Waals surface area contributed by atoms with Gasteiger partial charge >= 0.3 is 5.97 Å². The van der Waals surface area contributed by atoms with Crippen LogP contribution >= 0.6 is 11.6 Å². The zero-order valence-corrected chi connectivity index (χ0v) is 15.0. The van der Waals surface area contributed by atoms with Gasteiger partial charge in [-0.25, -0.2) is 14.2 Å². The second kappa shape index (κ2) is 7.59. The minimum absolute atomic E-state index is 0.112. The quantitative estimate of drug-likeness (QED) is 0.504. The zero-order chi connectivity index (χ0) is 18.7. The standard InChI is InChI=1S/C20H16ClFN2O2/c1-3-13(2)26-20(25)15-7-9-18(22)14(11-15)6-8-16-12-23-19-17(21)5-4-10-24(16)19/h4-5,7,9-13H,3H2,1-2H3. The molecule has 0 aliphatic heterocycles. The number of rotatable bonds is 3. The third-order valence-corrected chi connectivity index (χ3v) is 4.19. The molecule has 0 fully saturated rings. The van der Waals surface area contributed by atoms with E-state index in [2.05, 4.69) is 16.8 Å². The zero-order valence-electron chi connectivity index (χ0n) is 14.3. The van der Waals surface area contributed by atoms with Gasteiger partial charge in [-0.1, -0.05) is 24.4 Å². The first-order chi connectivity index (χ1) is 12.5. The summed E-state index contributed by atoms with van der Waals surface area (Å²) in [6.07, 6.45) is 3.84. The molecule has 0 saturated carbocycles. The Hall–Kier alpha value is -2.84. The molecule has 0 aliphatic rings. The van der Waals surface area contributed by atoms with Crippen molar-refractivity contribution in [2.75, 3.05) is 0 Å². The third kappa shape index (κ3) is 3.71. The highest BCUT2D eigenvalue weighted by atomic mass is 35.5. The second-order valence-corrected chi connectivity index (χ2v) is 6.17. The van der Waals surface area contributed by atoms with E-state index in [4.69, 9.17) is 16.3 Å². The Bertz CT molecular complexity index is 1030. The van der Waals surface area contributed by atoms with E-state index in [1.54, 1.807) is 35.9 Å². The molecule has 6 heteroatoms. The molecule has 0 radical (unpaired) electrons. The molecule has 4 nitrogen and oxygen atoms in total. The van der Waals surface area contributed by atoms with Gasteiger partial charge in [0.2, 0.25) is 0 Å². The molecular formula is C20H16ClFN2O2. The molecule has 0 saturated heterocycles. The molecule has 26 heavy (non-hydrogen) atoms. The van der Waals surface area contributed by atoms with Crippen molar-refractivity contribution in [3.05, 3.63) is 70.4 Å². The Balaban J connectivity index is 1.93. The number of halogens is 2. The van der Waals surface area contributed by atoms with Crippen LogP contribution in [-0.4, -0.2) is 21.5 Å². The Morgan fingerprint density at radius 1 is 1.38 bits per heavy atom. The Kier molecular flexibility index (Phi) is 5.24. The first-order valence-electron chi connectivity index (χ1n) is 8.13. The van der Waals surface area contributed by atoms with Crippen molar-refractivity contribution in [3.63, 3.8) is 0 Å². The average molecular weight is 371 g/mol. The van der Waals surface area contributed by atoms with E-state index in [1.165, 1.54) is 18.2 Å². The molecule has 2 heterocycles. The lowest BCUT2D eigenvalue weighted by atomic mass is 10.1. The van der Waals surface area contributed by atoms with Crippen molar-refractivity contribution in [3.8, 4) is 11.8 Å². The molecule has 1 atom stereocenters. The SMILES string of the molecule is CCC(C)OC(=O)c1ccc(F)c(C#Cc2cnc3c(Cl)cccn23)c1. The number of carbonyl (C=O) groups excluding carboxylic acids is 1. The minimum Gasteiger partial charge on any atom is -0.459 e. The lowest BCUT2D eigenvalue weighted by Gasteiger charge is -2.10. The van der Waals surface area contributed by atoms with Crippen molar-refractivity contribution >= 4 is 23.2 Å². The number of hydrogen-bond acceptors (Lipinski definition) is 3. The molecule has 0 spiro atoms. The Labute approximate surface area is 155 Å². The predicted molar refractivity (Wildman–Crippen MR) is 97.8 cm³/mol. The maximum atomic E-state index is 14.1. The molecule has 3 rings (SSSR count). The van der Waals surface area contributed by atoms with E-state index >= 15 is 0 Å². The van der Waals surface area contributed by atoms with Gasteiger partial charge in [0.1, 0.15) is 11.5 Å². The van der Waals surface area contributed by atoms with E-state index in [0.717, 1.165) is 0 Å². The highest BCUT2D eigenvalue weighted by Crippen LogP contribution is 2.17. The molecule has 0 aliphatic carbocycles. The van der Waals surface area contributed by atoms with Gasteiger partial charge in [0.05, 0.1) is 28.5 Å². The van der Waals surface area contributed by atoms with Gasteiger partial charge in [-0.05, 0) is 49.6 Å². The first-order valence-corrected chi connectivity index (χ1v) is 8.51. The predicted octanol–water partition coefficient (Wildman–Crippen LogP) is 4.48. The molecule has 0 N–H and O–H groups in total. The number of esters is 1. The maximum Gasteiger partial charge on any atom is 0.338 e. The average Bonchev–Trinajstić information content (AvgIpc) is 3.05. The van der Waals surface area contributed by atoms with Crippen LogP contribution in [0.1, 0.15) is 41.9 Å². The van der Waals surface area contributed by atoms with Gasteiger partial charge in [-0.15, -0.1) is 0 Å². The smallest absolute Gasteiger partial charge is 0.338 e. The molecule has 1 aromatic carbocycles. The van der Waals surface area contributed by atoms with Gasteiger partial charge in [0, 0.05) is 6.20 Å². The lowest BCUT2D eigenvalue weighted by molar-refractivity contribution is 0.0334. The fourth-order valence-corrected chi connectivity index (χ4v) is 2.50. The molecule has 0 bridgehead atoms. The van der Waals surface area contributed by atoms with Crippen LogP contribution in [0.5, 0.6) is 0 Å². The number of benzene rings is 1. The van der Waals surface area contributed by atoms with Crippen molar-refractivity contribution in [1.82, 2.24) is 9.38 Å². The fraction of sp³-hybridized carbons (Fsp3) is 0.200. The van der Waals surface area contributed by atoms with Crippen LogP contribution in [0.2, 0.25) is 5.02 Å². The molecule has 132 valence electrons. The number of carbonyl (C=O) groups is 1. The molecule has 3 aromatic rings. The van der Waals surface area contributed by atoms with Crippen LogP contribution in [0.15, 0.2) is 42.7 Å². The van der Waals surface area contributed by atoms with Crippen LogP contribution in [0.3, 0.4) is 0 Å². The van der Waals surface area contributed by atoms with Gasteiger partial charge in [0.25, 0.3) is 0 Å². The summed E-state index contributed by atoms with van der Waals surface area (Å²) in [6, 6.07) is 7.49. The van der Waals surface area contributed by atoms with E-state index in [0.29, 0.717) is 22.8 Å². The number of ether oxygens (including phenoxy) is 1. The number of imidazole rings is 1. The fourth-order valence-electron chi connectivity index (χ4n) is 2.28. The monoisotopic (exact) mass is 370 g/mol. The van der Waals surface area contributed by atoms with Gasteiger partial charge in [-0.2, -0.15) is 0 Å². The third-order valence-electron chi connectivity index (χ3n) is 3.90. The number of fused-ring (bicyclic) bond motifs is 1. The summed E-state index contributed by atoms with van der Waals surface area (Å²) in [5, 5.41) is 0.501. The number of aromatic nitrogens is 2. The van der Waals surface area contributed by atoms with E-state index < -0.39 is 11.8 Å². The minimum atomic E-state index is -0.510.